The first-order chi connectivity index (χ1) is 13.4. The summed E-state index contributed by atoms with van der Waals surface area (Å²) in [5, 5.41) is 4.40. The van der Waals surface area contributed by atoms with Gasteiger partial charge in [-0.2, -0.15) is 0 Å². The zero-order chi connectivity index (χ0) is 18.4. The highest BCUT2D eigenvalue weighted by molar-refractivity contribution is 7.95. The molecule has 0 bridgehead atoms. The Morgan fingerprint density at radius 3 is 1.44 bits per heavy atom. The highest BCUT2D eigenvalue weighted by atomic mass is 31.2. The molecule has 3 aromatic carbocycles. The van der Waals surface area contributed by atoms with Gasteiger partial charge in [-0.3, -0.25) is 4.90 Å². The van der Waals surface area contributed by atoms with E-state index in [4.69, 9.17) is 4.74 Å². The molecule has 0 spiro atoms. The van der Waals surface area contributed by atoms with Crippen LogP contribution >= 0.6 is 7.26 Å². The Bertz CT molecular complexity index is 720. The Hall–Kier alpha value is -1.99. The number of morpholine rings is 1. The summed E-state index contributed by atoms with van der Waals surface area (Å²) in [7, 11) is -1.70. The van der Waals surface area contributed by atoms with Gasteiger partial charge >= 0.3 is 0 Å². The van der Waals surface area contributed by atoms with Crippen molar-refractivity contribution < 1.29 is 4.74 Å². The van der Waals surface area contributed by atoms with Gasteiger partial charge in [-0.25, -0.2) is 0 Å². The van der Waals surface area contributed by atoms with Crippen LogP contribution < -0.4 is 15.9 Å². The minimum absolute atomic E-state index is 0.855. The van der Waals surface area contributed by atoms with E-state index in [9.17, 15) is 0 Å². The SMILES string of the molecule is c1ccc([P+](CCN2CCOCC2)(c2ccccc2)c2ccccc2)cc1. The molecule has 1 aliphatic heterocycles. The van der Waals surface area contributed by atoms with Gasteiger partial charge < -0.3 is 4.74 Å². The largest absolute Gasteiger partial charge is 0.379 e. The van der Waals surface area contributed by atoms with Crippen LogP contribution in [0.4, 0.5) is 0 Å². The topological polar surface area (TPSA) is 12.5 Å². The first kappa shape index (κ1) is 18.4. The molecular formula is C24H27NOP+. The second-order valence-corrected chi connectivity index (χ2v) is 10.6. The molecule has 0 aliphatic carbocycles. The van der Waals surface area contributed by atoms with Gasteiger partial charge in [0.05, 0.1) is 19.4 Å². The van der Waals surface area contributed by atoms with Crippen LogP contribution in [0.1, 0.15) is 0 Å². The van der Waals surface area contributed by atoms with Gasteiger partial charge in [0, 0.05) is 19.6 Å². The van der Waals surface area contributed by atoms with Crippen molar-refractivity contribution in [2.45, 2.75) is 0 Å². The third kappa shape index (κ3) is 3.99. The van der Waals surface area contributed by atoms with E-state index in [0.29, 0.717) is 0 Å². The van der Waals surface area contributed by atoms with Crippen LogP contribution in [0, 0.1) is 0 Å². The highest BCUT2D eigenvalue weighted by Gasteiger charge is 2.45. The molecular weight excluding hydrogens is 349 g/mol. The molecule has 0 unspecified atom stereocenters. The fraction of sp³-hybridized carbons (Fsp3) is 0.250. The average Bonchev–Trinajstić information content (AvgIpc) is 2.77. The van der Waals surface area contributed by atoms with E-state index < -0.39 is 7.26 Å². The minimum Gasteiger partial charge on any atom is -0.379 e. The molecule has 0 saturated carbocycles. The molecule has 1 saturated heterocycles. The van der Waals surface area contributed by atoms with Crippen LogP contribution in [0.2, 0.25) is 0 Å². The molecule has 0 N–H and O–H groups in total. The first-order valence-corrected chi connectivity index (χ1v) is 11.7. The van der Waals surface area contributed by atoms with Crippen molar-refractivity contribution in [2.24, 2.45) is 0 Å². The lowest BCUT2D eigenvalue weighted by Crippen LogP contribution is -2.42. The fourth-order valence-electron chi connectivity index (χ4n) is 4.00. The molecule has 0 atom stereocenters. The molecule has 0 radical (unpaired) electrons. The summed E-state index contributed by atoms with van der Waals surface area (Å²) in [4.78, 5) is 2.56. The lowest BCUT2D eigenvalue weighted by molar-refractivity contribution is 0.0409. The Morgan fingerprint density at radius 2 is 1.04 bits per heavy atom. The van der Waals surface area contributed by atoms with Gasteiger partial charge in [0.2, 0.25) is 0 Å². The molecule has 27 heavy (non-hydrogen) atoms. The molecule has 1 heterocycles. The highest BCUT2D eigenvalue weighted by Crippen LogP contribution is 2.55. The maximum absolute atomic E-state index is 5.55. The zero-order valence-electron chi connectivity index (χ0n) is 15.7. The molecule has 138 valence electrons. The normalized spacial score (nSPS) is 15.6. The smallest absolute Gasteiger partial charge is 0.113 e. The first-order valence-electron chi connectivity index (χ1n) is 9.75. The van der Waals surface area contributed by atoms with Crippen molar-refractivity contribution in [1.82, 2.24) is 4.90 Å². The Balaban J connectivity index is 1.81. The summed E-state index contributed by atoms with van der Waals surface area (Å²) in [6.45, 7) is 4.90. The number of hydrogen-bond acceptors (Lipinski definition) is 2. The summed E-state index contributed by atoms with van der Waals surface area (Å²) in [5.41, 5.74) is 0. The van der Waals surface area contributed by atoms with E-state index in [1.165, 1.54) is 15.9 Å². The van der Waals surface area contributed by atoms with Gasteiger partial charge in [-0.1, -0.05) is 54.6 Å². The van der Waals surface area contributed by atoms with Crippen molar-refractivity contribution in [2.75, 3.05) is 39.0 Å². The molecule has 0 aromatic heterocycles. The monoisotopic (exact) mass is 376 g/mol. The third-order valence-corrected chi connectivity index (χ3v) is 9.86. The zero-order valence-corrected chi connectivity index (χ0v) is 16.6. The molecule has 1 aliphatic rings. The van der Waals surface area contributed by atoms with E-state index in [-0.39, 0.29) is 0 Å². The second-order valence-electron chi connectivity index (χ2n) is 6.99. The van der Waals surface area contributed by atoms with E-state index in [1.54, 1.807) is 0 Å². The van der Waals surface area contributed by atoms with Crippen molar-refractivity contribution in [3.63, 3.8) is 0 Å². The maximum atomic E-state index is 5.55. The fourth-order valence-corrected chi connectivity index (χ4v) is 8.29. The van der Waals surface area contributed by atoms with Crippen LogP contribution in [-0.2, 0) is 4.74 Å². The number of rotatable bonds is 6. The van der Waals surface area contributed by atoms with Crippen LogP contribution in [0.15, 0.2) is 91.0 Å². The van der Waals surface area contributed by atoms with Crippen molar-refractivity contribution in [1.29, 1.82) is 0 Å². The molecule has 1 fully saturated rings. The van der Waals surface area contributed by atoms with Gasteiger partial charge in [-0.05, 0) is 36.4 Å². The van der Waals surface area contributed by atoms with Crippen LogP contribution in [-0.4, -0.2) is 43.9 Å². The Labute approximate surface area is 163 Å². The summed E-state index contributed by atoms with van der Waals surface area (Å²) in [6, 6.07) is 33.4. The lowest BCUT2D eigenvalue weighted by atomic mass is 10.4. The maximum Gasteiger partial charge on any atom is 0.113 e. The number of nitrogens with zero attached hydrogens (tertiary/aromatic N) is 1. The summed E-state index contributed by atoms with van der Waals surface area (Å²) in [5.74, 6) is 0. The summed E-state index contributed by atoms with van der Waals surface area (Å²) < 4.78 is 5.55. The second kappa shape index (κ2) is 8.80. The molecule has 3 aromatic rings. The molecule has 4 rings (SSSR count). The predicted molar refractivity (Wildman–Crippen MR) is 117 cm³/mol. The lowest BCUT2D eigenvalue weighted by Gasteiger charge is -2.32. The van der Waals surface area contributed by atoms with Gasteiger partial charge in [0.1, 0.15) is 23.2 Å². The van der Waals surface area contributed by atoms with Crippen LogP contribution in [0.25, 0.3) is 0 Å². The summed E-state index contributed by atoms with van der Waals surface area (Å²) in [6.07, 6.45) is 1.16. The Morgan fingerprint density at radius 1 is 0.630 bits per heavy atom. The molecule has 0 amide bonds. The Kier molecular flexibility index (Phi) is 5.99. The summed E-state index contributed by atoms with van der Waals surface area (Å²) >= 11 is 0. The van der Waals surface area contributed by atoms with Crippen molar-refractivity contribution >= 4 is 23.2 Å². The predicted octanol–water partition coefficient (Wildman–Crippen LogP) is 3.31. The van der Waals surface area contributed by atoms with Gasteiger partial charge in [-0.15, -0.1) is 0 Å². The minimum atomic E-state index is -1.70. The quantitative estimate of drug-likeness (QED) is 0.612. The number of benzene rings is 3. The van der Waals surface area contributed by atoms with Crippen molar-refractivity contribution in [3.8, 4) is 0 Å². The standard InChI is InChI=1S/C24H27NOP/c1-4-10-22(11-5-1)27(23-12-6-2-7-13-23,24-14-8-3-9-15-24)21-18-25-16-19-26-20-17-25/h1-15H,16-21H2/q+1. The van der Waals surface area contributed by atoms with Crippen LogP contribution in [0.5, 0.6) is 0 Å². The van der Waals surface area contributed by atoms with Crippen molar-refractivity contribution in [3.05, 3.63) is 91.0 Å². The van der Waals surface area contributed by atoms with E-state index in [1.807, 2.05) is 0 Å². The van der Waals surface area contributed by atoms with Gasteiger partial charge in [0.25, 0.3) is 0 Å². The third-order valence-electron chi connectivity index (χ3n) is 5.45. The van der Waals surface area contributed by atoms with E-state index in [0.717, 1.165) is 39.0 Å². The van der Waals surface area contributed by atoms with E-state index >= 15 is 0 Å². The van der Waals surface area contributed by atoms with Gasteiger partial charge in [0.15, 0.2) is 0 Å². The average molecular weight is 376 g/mol. The molecule has 3 heteroatoms. The van der Waals surface area contributed by atoms with Crippen LogP contribution in [0.3, 0.4) is 0 Å². The number of hydrogen-bond donors (Lipinski definition) is 0. The van der Waals surface area contributed by atoms with E-state index in [2.05, 4.69) is 95.9 Å². The number of ether oxygens (including phenoxy) is 1. The molecule has 2 nitrogen and oxygen atoms in total.